The molecule has 2 fully saturated rings. The van der Waals surface area contributed by atoms with Crippen LogP contribution < -0.4 is 0 Å². The normalized spacial score (nSPS) is 50.8. The van der Waals surface area contributed by atoms with Crippen molar-refractivity contribution in [3.8, 4) is 0 Å². The minimum Gasteiger partial charge on any atom is -0.0651 e. The maximum Gasteiger partial charge on any atom is -0.0207 e. The van der Waals surface area contributed by atoms with Crippen molar-refractivity contribution in [1.82, 2.24) is 0 Å². The fourth-order valence-corrected chi connectivity index (χ4v) is 3.86. The fourth-order valence-electron chi connectivity index (χ4n) is 3.86. The molecule has 0 N–H and O–H groups in total. The average Bonchev–Trinajstić information content (AvgIpc) is 2.29. The number of fused-ring (bicyclic) bond motifs is 1. The van der Waals surface area contributed by atoms with Crippen molar-refractivity contribution >= 4 is 0 Å². The molecule has 2 rings (SSSR count). The third-order valence-corrected chi connectivity index (χ3v) is 5.49. The zero-order valence-electron chi connectivity index (χ0n) is 9.15. The Morgan fingerprint density at radius 3 is 2.17 bits per heavy atom. The molecule has 0 aromatic rings. The van der Waals surface area contributed by atoms with E-state index in [-0.39, 0.29) is 0 Å². The molecule has 70 valence electrons. The third kappa shape index (κ3) is 0.661. The first-order chi connectivity index (χ1) is 5.46. The van der Waals surface area contributed by atoms with Gasteiger partial charge in [0.2, 0.25) is 0 Å². The van der Waals surface area contributed by atoms with Crippen molar-refractivity contribution < 1.29 is 0 Å². The smallest absolute Gasteiger partial charge is 0.0207 e. The van der Waals surface area contributed by atoms with Crippen LogP contribution >= 0.6 is 0 Å². The lowest BCUT2D eigenvalue weighted by Gasteiger charge is -2.38. The molecule has 0 heteroatoms. The van der Waals surface area contributed by atoms with Crippen molar-refractivity contribution in [3.63, 3.8) is 0 Å². The van der Waals surface area contributed by atoms with Crippen LogP contribution in [0.15, 0.2) is 0 Å². The molecule has 0 aromatic carbocycles. The van der Waals surface area contributed by atoms with E-state index in [1.54, 1.807) is 0 Å². The lowest BCUT2D eigenvalue weighted by Crippen LogP contribution is -2.31. The van der Waals surface area contributed by atoms with Crippen LogP contribution in [0, 0.1) is 28.6 Å². The second kappa shape index (κ2) is 2.08. The van der Waals surface area contributed by atoms with Crippen LogP contribution in [-0.4, -0.2) is 0 Å². The van der Waals surface area contributed by atoms with E-state index in [0.29, 0.717) is 5.41 Å². The van der Waals surface area contributed by atoms with Gasteiger partial charge in [0.15, 0.2) is 0 Å². The molecule has 0 radical (unpaired) electrons. The summed E-state index contributed by atoms with van der Waals surface area (Å²) in [6.07, 6.45) is 2.88. The van der Waals surface area contributed by atoms with Crippen LogP contribution in [0.4, 0.5) is 0 Å². The highest BCUT2D eigenvalue weighted by Crippen LogP contribution is 2.83. The molecular weight excluding hydrogens is 144 g/mol. The predicted molar refractivity (Wildman–Crippen MR) is 52.9 cm³/mol. The van der Waals surface area contributed by atoms with Crippen LogP contribution in [0.2, 0.25) is 0 Å². The van der Waals surface area contributed by atoms with E-state index in [1.165, 1.54) is 12.8 Å². The summed E-state index contributed by atoms with van der Waals surface area (Å²) in [6.45, 7) is 12.2. The minimum absolute atomic E-state index is 0.668. The van der Waals surface area contributed by atoms with Crippen molar-refractivity contribution in [3.05, 3.63) is 0 Å². The lowest BCUT2D eigenvalue weighted by atomic mass is 9.66. The van der Waals surface area contributed by atoms with Gasteiger partial charge in [-0.25, -0.2) is 0 Å². The van der Waals surface area contributed by atoms with Gasteiger partial charge in [-0.05, 0) is 35.0 Å². The second-order valence-electron chi connectivity index (χ2n) is 5.78. The summed E-state index contributed by atoms with van der Waals surface area (Å²) in [5.74, 6) is 3.04. The van der Waals surface area contributed by atoms with E-state index in [4.69, 9.17) is 0 Å². The molecule has 12 heavy (non-hydrogen) atoms. The van der Waals surface area contributed by atoms with Gasteiger partial charge in [-0.1, -0.05) is 41.0 Å². The Kier molecular flexibility index (Phi) is 1.49. The van der Waals surface area contributed by atoms with E-state index in [2.05, 4.69) is 34.6 Å². The molecule has 0 spiro atoms. The molecule has 0 saturated heterocycles. The Labute approximate surface area is 76.7 Å². The van der Waals surface area contributed by atoms with E-state index < -0.39 is 0 Å². The van der Waals surface area contributed by atoms with Gasteiger partial charge in [0, 0.05) is 0 Å². The molecule has 0 nitrogen and oxygen atoms in total. The second-order valence-corrected chi connectivity index (χ2v) is 5.78. The van der Waals surface area contributed by atoms with Crippen LogP contribution in [0.5, 0.6) is 0 Å². The van der Waals surface area contributed by atoms with Gasteiger partial charge in [0.05, 0.1) is 0 Å². The standard InChI is InChI=1S/C12H22/c1-6-8(2)9-7-10-11(3,4)12(9,10)5/h8-10H,6-7H2,1-5H3. The Balaban J connectivity index is 2.09. The maximum atomic E-state index is 2.51. The van der Waals surface area contributed by atoms with Crippen LogP contribution in [0.25, 0.3) is 0 Å². The topological polar surface area (TPSA) is 0 Å². The molecule has 4 atom stereocenters. The molecule has 0 amide bonds. The van der Waals surface area contributed by atoms with Gasteiger partial charge in [0.1, 0.15) is 0 Å². The molecule has 2 aliphatic rings. The van der Waals surface area contributed by atoms with Crippen molar-refractivity contribution in [2.45, 2.75) is 47.5 Å². The first-order valence-electron chi connectivity index (χ1n) is 5.46. The molecule has 4 unspecified atom stereocenters. The van der Waals surface area contributed by atoms with Crippen LogP contribution in [0.1, 0.15) is 47.5 Å². The van der Waals surface area contributed by atoms with E-state index in [0.717, 1.165) is 23.2 Å². The van der Waals surface area contributed by atoms with Crippen LogP contribution in [-0.2, 0) is 0 Å². The highest BCUT2D eigenvalue weighted by Gasteiger charge is 2.77. The number of hydrogen-bond donors (Lipinski definition) is 0. The molecule has 0 bridgehead atoms. The Bertz CT molecular complexity index is 204. The Hall–Kier alpha value is 0. The largest absolute Gasteiger partial charge is 0.0651 e. The van der Waals surface area contributed by atoms with Crippen molar-refractivity contribution in [1.29, 1.82) is 0 Å². The summed E-state index contributed by atoms with van der Waals surface area (Å²) in [4.78, 5) is 0. The van der Waals surface area contributed by atoms with Crippen molar-refractivity contribution in [2.75, 3.05) is 0 Å². The fraction of sp³-hybridized carbons (Fsp3) is 1.00. The zero-order valence-corrected chi connectivity index (χ0v) is 9.15. The van der Waals surface area contributed by atoms with Gasteiger partial charge < -0.3 is 0 Å². The van der Waals surface area contributed by atoms with E-state index in [9.17, 15) is 0 Å². The first kappa shape index (κ1) is 8.59. The van der Waals surface area contributed by atoms with E-state index in [1.807, 2.05) is 0 Å². The van der Waals surface area contributed by atoms with Gasteiger partial charge in [-0.3, -0.25) is 0 Å². The summed E-state index contributed by atoms with van der Waals surface area (Å²) in [7, 11) is 0. The van der Waals surface area contributed by atoms with Gasteiger partial charge in [-0.2, -0.15) is 0 Å². The Morgan fingerprint density at radius 2 is 1.92 bits per heavy atom. The SMILES string of the molecule is CCC(C)C1CC2C(C)(C)C12C. The van der Waals surface area contributed by atoms with Gasteiger partial charge >= 0.3 is 0 Å². The first-order valence-corrected chi connectivity index (χ1v) is 5.46. The summed E-state index contributed by atoms with van der Waals surface area (Å²) in [5, 5.41) is 0. The average molecular weight is 166 g/mol. The highest BCUT2D eigenvalue weighted by molar-refractivity contribution is 5.25. The Morgan fingerprint density at radius 1 is 1.33 bits per heavy atom. The quantitative estimate of drug-likeness (QED) is 0.586. The summed E-state index contributed by atoms with van der Waals surface area (Å²) in [5.41, 5.74) is 1.39. The maximum absolute atomic E-state index is 2.51. The number of hydrogen-bond acceptors (Lipinski definition) is 0. The number of rotatable bonds is 2. The highest BCUT2D eigenvalue weighted by atomic mass is 14.8. The molecular formula is C12H22. The van der Waals surface area contributed by atoms with Gasteiger partial charge in [0.25, 0.3) is 0 Å². The third-order valence-electron chi connectivity index (χ3n) is 5.49. The monoisotopic (exact) mass is 166 g/mol. The molecule has 0 heterocycles. The van der Waals surface area contributed by atoms with E-state index >= 15 is 0 Å². The lowest BCUT2D eigenvalue weighted by molar-refractivity contribution is 0.104. The molecule has 0 aliphatic heterocycles. The summed E-state index contributed by atoms with van der Waals surface area (Å²) in [6, 6.07) is 0. The summed E-state index contributed by atoms with van der Waals surface area (Å²) < 4.78 is 0. The predicted octanol–water partition coefficient (Wildman–Crippen LogP) is 3.71. The van der Waals surface area contributed by atoms with Gasteiger partial charge in [-0.15, -0.1) is 0 Å². The summed E-state index contributed by atoms with van der Waals surface area (Å²) >= 11 is 0. The molecule has 2 aliphatic carbocycles. The molecule has 0 aromatic heterocycles. The minimum atomic E-state index is 0.668. The van der Waals surface area contributed by atoms with Crippen molar-refractivity contribution in [2.24, 2.45) is 28.6 Å². The molecule has 2 saturated carbocycles. The van der Waals surface area contributed by atoms with Crippen LogP contribution in [0.3, 0.4) is 0 Å². The zero-order chi connectivity index (χ0) is 9.15.